The summed E-state index contributed by atoms with van der Waals surface area (Å²) in [4.78, 5) is 24.5. The second-order valence-electron chi connectivity index (χ2n) is 5.24. The SMILES string of the molecule is CCOC(=O)c1cc(C)c(C)n(-c2cccc(C(F)(F)F)c2)c1=O. The number of hydrogen-bond acceptors (Lipinski definition) is 3. The van der Waals surface area contributed by atoms with Gasteiger partial charge in [0.2, 0.25) is 0 Å². The zero-order valence-corrected chi connectivity index (χ0v) is 13.4. The molecule has 0 aliphatic carbocycles. The molecule has 0 radical (unpaired) electrons. The third-order valence-electron chi connectivity index (χ3n) is 3.63. The molecule has 7 heteroatoms. The lowest BCUT2D eigenvalue weighted by molar-refractivity contribution is -0.137. The van der Waals surface area contributed by atoms with E-state index in [0.29, 0.717) is 11.3 Å². The summed E-state index contributed by atoms with van der Waals surface area (Å²) >= 11 is 0. The molecule has 0 fully saturated rings. The van der Waals surface area contributed by atoms with Crippen molar-refractivity contribution in [2.45, 2.75) is 26.9 Å². The minimum Gasteiger partial charge on any atom is -0.462 e. The van der Waals surface area contributed by atoms with E-state index in [4.69, 9.17) is 4.74 Å². The van der Waals surface area contributed by atoms with Gasteiger partial charge in [0.25, 0.3) is 5.56 Å². The highest BCUT2D eigenvalue weighted by molar-refractivity contribution is 5.89. The van der Waals surface area contributed by atoms with Gasteiger partial charge in [-0.2, -0.15) is 13.2 Å². The molecule has 0 N–H and O–H groups in total. The Labute approximate surface area is 136 Å². The van der Waals surface area contributed by atoms with Gasteiger partial charge in [0, 0.05) is 11.4 Å². The number of ether oxygens (including phenoxy) is 1. The van der Waals surface area contributed by atoms with E-state index in [1.165, 1.54) is 18.2 Å². The van der Waals surface area contributed by atoms with Gasteiger partial charge in [-0.15, -0.1) is 0 Å². The molecule has 0 amide bonds. The maximum atomic E-state index is 12.9. The molecule has 0 saturated carbocycles. The molecule has 4 nitrogen and oxygen atoms in total. The Hall–Kier alpha value is -2.57. The van der Waals surface area contributed by atoms with E-state index in [-0.39, 0.29) is 17.9 Å². The maximum absolute atomic E-state index is 12.9. The number of halogens is 3. The predicted octanol–water partition coefficient (Wildman–Crippen LogP) is 3.65. The maximum Gasteiger partial charge on any atom is 0.416 e. The number of nitrogens with zero attached hydrogens (tertiary/aromatic N) is 1. The zero-order valence-electron chi connectivity index (χ0n) is 13.4. The molecule has 0 saturated heterocycles. The van der Waals surface area contributed by atoms with Crippen molar-refractivity contribution >= 4 is 5.97 Å². The summed E-state index contributed by atoms with van der Waals surface area (Å²) in [5, 5.41) is 0. The molecule has 0 unspecified atom stereocenters. The lowest BCUT2D eigenvalue weighted by atomic mass is 10.1. The summed E-state index contributed by atoms with van der Waals surface area (Å²) in [5.74, 6) is -0.800. The first-order valence-electron chi connectivity index (χ1n) is 7.24. The third-order valence-corrected chi connectivity index (χ3v) is 3.63. The number of benzene rings is 1. The van der Waals surface area contributed by atoms with Crippen molar-refractivity contribution in [3.63, 3.8) is 0 Å². The van der Waals surface area contributed by atoms with Crippen molar-refractivity contribution in [1.82, 2.24) is 4.57 Å². The fourth-order valence-corrected chi connectivity index (χ4v) is 2.32. The van der Waals surface area contributed by atoms with Crippen molar-refractivity contribution in [3.8, 4) is 5.69 Å². The average Bonchev–Trinajstić information content (AvgIpc) is 2.51. The predicted molar refractivity (Wildman–Crippen MR) is 82.5 cm³/mol. The van der Waals surface area contributed by atoms with Gasteiger partial charge in [0.05, 0.1) is 12.2 Å². The summed E-state index contributed by atoms with van der Waals surface area (Å²) < 4.78 is 44.7. The smallest absolute Gasteiger partial charge is 0.416 e. The number of carbonyl (C=O) groups excluding carboxylic acids is 1. The van der Waals surface area contributed by atoms with E-state index in [1.54, 1.807) is 20.8 Å². The van der Waals surface area contributed by atoms with Crippen LogP contribution >= 0.6 is 0 Å². The third kappa shape index (κ3) is 3.34. The molecule has 0 atom stereocenters. The topological polar surface area (TPSA) is 48.3 Å². The monoisotopic (exact) mass is 339 g/mol. The van der Waals surface area contributed by atoms with Crippen LogP contribution in [0.1, 0.15) is 34.1 Å². The molecule has 0 aliphatic heterocycles. The molecule has 128 valence electrons. The van der Waals surface area contributed by atoms with Gasteiger partial charge in [-0.1, -0.05) is 6.07 Å². The van der Waals surface area contributed by atoms with Gasteiger partial charge in [-0.25, -0.2) is 4.79 Å². The number of hydrogen-bond donors (Lipinski definition) is 0. The minimum absolute atomic E-state index is 0.0431. The van der Waals surface area contributed by atoms with Crippen molar-refractivity contribution in [3.05, 3.63) is 63.1 Å². The van der Waals surface area contributed by atoms with Crippen LogP contribution in [-0.4, -0.2) is 17.1 Å². The van der Waals surface area contributed by atoms with Crippen LogP contribution in [0.15, 0.2) is 35.1 Å². The van der Waals surface area contributed by atoms with Gasteiger partial charge in [0.15, 0.2) is 0 Å². The molecule has 0 bridgehead atoms. The van der Waals surface area contributed by atoms with Crippen LogP contribution in [0.3, 0.4) is 0 Å². The molecule has 24 heavy (non-hydrogen) atoms. The standard InChI is InChI=1S/C17H16F3NO3/c1-4-24-16(23)14-8-10(2)11(3)21(15(14)22)13-7-5-6-12(9-13)17(18,19)20/h5-9H,4H2,1-3H3. The highest BCUT2D eigenvalue weighted by Crippen LogP contribution is 2.30. The van der Waals surface area contributed by atoms with Crippen molar-refractivity contribution in [2.75, 3.05) is 6.61 Å². The average molecular weight is 339 g/mol. The van der Waals surface area contributed by atoms with E-state index < -0.39 is 23.3 Å². The fourth-order valence-electron chi connectivity index (χ4n) is 2.32. The van der Waals surface area contributed by atoms with Gasteiger partial charge < -0.3 is 4.74 Å². The van der Waals surface area contributed by atoms with Crippen LogP contribution in [0.5, 0.6) is 0 Å². The first-order chi connectivity index (χ1) is 11.2. The number of carbonyl (C=O) groups is 1. The van der Waals surface area contributed by atoms with Crippen LogP contribution in [0, 0.1) is 13.8 Å². The molecular formula is C17H16F3NO3. The Bertz CT molecular complexity index is 838. The van der Waals surface area contributed by atoms with Crippen LogP contribution in [0.25, 0.3) is 5.69 Å². The highest BCUT2D eigenvalue weighted by Gasteiger charge is 2.31. The van der Waals surface area contributed by atoms with Crippen LogP contribution in [0.2, 0.25) is 0 Å². The molecule has 1 heterocycles. The number of aromatic nitrogens is 1. The molecule has 1 aromatic heterocycles. The number of alkyl halides is 3. The quantitative estimate of drug-likeness (QED) is 0.802. The first kappa shape index (κ1) is 17.8. The van der Waals surface area contributed by atoms with E-state index in [0.717, 1.165) is 16.7 Å². The Balaban J connectivity index is 2.71. The molecule has 2 aromatic rings. The lowest BCUT2D eigenvalue weighted by Gasteiger charge is -2.16. The van der Waals surface area contributed by atoms with E-state index in [1.807, 2.05) is 0 Å². The van der Waals surface area contributed by atoms with Gasteiger partial charge in [-0.05, 0) is 50.6 Å². The summed E-state index contributed by atoms with van der Waals surface area (Å²) in [5.41, 5.74) is -0.706. The molecule has 0 aliphatic rings. The van der Waals surface area contributed by atoms with E-state index >= 15 is 0 Å². The van der Waals surface area contributed by atoms with Crippen molar-refractivity contribution in [2.24, 2.45) is 0 Å². The second kappa shape index (κ2) is 6.51. The van der Waals surface area contributed by atoms with Gasteiger partial charge >= 0.3 is 12.1 Å². The Morgan fingerprint density at radius 3 is 2.46 bits per heavy atom. The Morgan fingerprint density at radius 1 is 1.21 bits per heavy atom. The first-order valence-corrected chi connectivity index (χ1v) is 7.24. The fraction of sp³-hybridized carbons (Fsp3) is 0.294. The van der Waals surface area contributed by atoms with Gasteiger partial charge in [0.1, 0.15) is 5.56 Å². The number of aryl methyl sites for hydroxylation is 1. The summed E-state index contributed by atoms with van der Waals surface area (Å²) in [6, 6.07) is 5.79. The Morgan fingerprint density at radius 2 is 1.88 bits per heavy atom. The van der Waals surface area contributed by atoms with Crippen molar-refractivity contribution in [1.29, 1.82) is 0 Å². The molecule has 1 aromatic carbocycles. The Kier molecular flexibility index (Phi) is 4.82. The molecule has 0 spiro atoms. The van der Waals surface area contributed by atoms with Crippen LogP contribution < -0.4 is 5.56 Å². The largest absolute Gasteiger partial charge is 0.462 e. The van der Waals surface area contributed by atoms with E-state index in [9.17, 15) is 22.8 Å². The van der Waals surface area contributed by atoms with Crippen LogP contribution in [0.4, 0.5) is 13.2 Å². The number of pyridine rings is 1. The highest BCUT2D eigenvalue weighted by atomic mass is 19.4. The lowest BCUT2D eigenvalue weighted by Crippen LogP contribution is -2.28. The molecular weight excluding hydrogens is 323 g/mol. The van der Waals surface area contributed by atoms with Crippen LogP contribution in [-0.2, 0) is 10.9 Å². The number of esters is 1. The zero-order chi connectivity index (χ0) is 18.1. The number of rotatable bonds is 3. The normalized spacial score (nSPS) is 11.4. The minimum atomic E-state index is -4.53. The summed E-state index contributed by atoms with van der Waals surface area (Å²) in [6.45, 7) is 4.96. The van der Waals surface area contributed by atoms with Crippen molar-refractivity contribution < 1.29 is 22.7 Å². The second-order valence-corrected chi connectivity index (χ2v) is 5.24. The summed E-state index contributed by atoms with van der Waals surface area (Å²) in [6.07, 6.45) is -4.53. The summed E-state index contributed by atoms with van der Waals surface area (Å²) in [7, 11) is 0. The van der Waals surface area contributed by atoms with E-state index in [2.05, 4.69) is 0 Å². The van der Waals surface area contributed by atoms with Gasteiger partial charge in [-0.3, -0.25) is 9.36 Å². The molecule has 2 rings (SSSR count).